The van der Waals surface area contributed by atoms with E-state index in [4.69, 9.17) is 17.2 Å². The molecule has 2 unspecified atom stereocenters. The summed E-state index contributed by atoms with van der Waals surface area (Å²) in [5.74, 6) is -8.37. The lowest BCUT2D eigenvalue weighted by atomic mass is 9.87. The second-order valence-electron chi connectivity index (χ2n) is 13.3. The van der Waals surface area contributed by atoms with E-state index in [0.717, 1.165) is 6.92 Å². The van der Waals surface area contributed by atoms with Crippen molar-refractivity contribution in [3.8, 4) is 0 Å². The maximum atomic E-state index is 13.2. The quantitative estimate of drug-likeness (QED) is 0.0276. The number of guanidine groups is 1. The third-order valence-electron chi connectivity index (χ3n) is 8.12. The number of carboxylic acids is 1. The number of nitrogens with one attached hydrogen (secondary N) is 4. The molecule has 50 heavy (non-hydrogen) atoms. The van der Waals surface area contributed by atoms with Crippen molar-refractivity contribution in [1.82, 2.24) is 21.3 Å². The molecule has 0 bridgehead atoms. The number of carbonyl (C=O) groups excluding carboxylic acids is 5. The molecular formula is C31H58N8O11. The highest BCUT2D eigenvalue weighted by molar-refractivity contribution is 5.93. The average molecular weight is 719 g/mol. The molecule has 0 rings (SSSR count). The molecule has 288 valence electrons. The van der Waals surface area contributed by atoms with Crippen LogP contribution in [0.4, 0.5) is 0 Å². The van der Waals surface area contributed by atoms with Gasteiger partial charge in [-0.1, -0.05) is 34.6 Å². The number of nitrogens with zero attached hydrogens (tertiary/aromatic N) is 1. The molecule has 0 aromatic heterocycles. The van der Waals surface area contributed by atoms with E-state index in [9.17, 15) is 54.3 Å². The Kier molecular flexibility index (Phi) is 20.1. The first-order valence-corrected chi connectivity index (χ1v) is 16.5. The maximum Gasteiger partial charge on any atom is 0.328 e. The molecule has 5 amide bonds. The number of amides is 5. The summed E-state index contributed by atoms with van der Waals surface area (Å²) in [6, 6.07) is -5.98. The Hall–Kier alpha value is -4.07. The Bertz CT molecular complexity index is 1180. The van der Waals surface area contributed by atoms with Crippen LogP contribution in [0.15, 0.2) is 4.99 Å². The molecule has 0 aliphatic heterocycles. The smallest absolute Gasteiger partial charge is 0.328 e. The lowest BCUT2D eigenvalue weighted by Crippen LogP contribution is -2.60. The van der Waals surface area contributed by atoms with Gasteiger partial charge in [0.15, 0.2) is 18.1 Å². The number of hydrogen-bond acceptors (Lipinski definition) is 11. The molecule has 0 heterocycles. The summed E-state index contributed by atoms with van der Waals surface area (Å²) in [4.78, 5) is 79.1. The largest absolute Gasteiger partial charge is 0.480 e. The zero-order valence-electron chi connectivity index (χ0n) is 29.8. The van der Waals surface area contributed by atoms with Crippen molar-refractivity contribution in [2.75, 3.05) is 6.54 Å². The summed E-state index contributed by atoms with van der Waals surface area (Å²) in [5, 5.41) is 60.9. The number of aliphatic carboxylic acids is 1. The van der Waals surface area contributed by atoms with E-state index in [2.05, 4.69) is 26.3 Å². The van der Waals surface area contributed by atoms with Crippen LogP contribution in [0.3, 0.4) is 0 Å². The molecule has 0 aromatic rings. The summed E-state index contributed by atoms with van der Waals surface area (Å²) in [5.41, 5.74) is 15.9. The number of rotatable bonds is 23. The summed E-state index contributed by atoms with van der Waals surface area (Å²) in [7, 11) is 0. The van der Waals surface area contributed by atoms with Gasteiger partial charge in [-0.25, -0.2) is 4.79 Å². The molecule has 0 aliphatic carbocycles. The standard InChI is InChI=1S/C31H58N8O11/c1-13(2)11-15(4)23(42)16(5)26(45)36-17(6)27(46)37-19(9-8-10-35-31(33)34)24(43)25(44)29(48)38-21(14(3)12-20(32)41)28(47)39-22(18(7)40)30(49)50/h13-19,21-25,40,42-44H,8-12H2,1-7H3,(H2,32,41)(H,36,45)(H,37,46)(H,38,48)(H,39,47)(H,49,50)(H4,33,34,35)/t14-,15+,16+,17+,18+,19-,21?,22?,23+,24+,25+/m0/s1. The Labute approximate surface area is 292 Å². The van der Waals surface area contributed by atoms with E-state index in [1.54, 1.807) is 0 Å². The van der Waals surface area contributed by atoms with Crippen molar-refractivity contribution in [2.45, 2.75) is 123 Å². The second kappa shape index (κ2) is 21.9. The van der Waals surface area contributed by atoms with E-state index in [0.29, 0.717) is 6.42 Å². The van der Waals surface area contributed by atoms with Crippen LogP contribution in [0.25, 0.3) is 0 Å². The maximum absolute atomic E-state index is 13.2. The molecule has 0 spiro atoms. The minimum Gasteiger partial charge on any atom is -0.480 e. The minimum atomic E-state index is -2.30. The normalized spacial score (nSPS) is 18.0. The zero-order valence-corrected chi connectivity index (χ0v) is 29.8. The molecule has 0 radical (unpaired) electrons. The first-order chi connectivity index (χ1) is 23.0. The van der Waals surface area contributed by atoms with Gasteiger partial charge in [0, 0.05) is 13.0 Å². The molecule has 19 nitrogen and oxygen atoms in total. The third-order valence-corrected chi connectivity index (χ3v) is 8.12. The fourth-order valence-corrected chi connectivity index (χ4v) is 5.24. The monoisotopic (exact) mass is 718 g/mol. The van der Waals surface area contributed by atoms with E-state index in [1.165, 1.54) is 20.8 Å². The Balaban J connectivity index is 6.03. The van der Waals surface area contributed by atoms with E-state index >= 15 is 0 Å². The summed E-state index contributed by atoms with van der Waals surface area (Å²) >= 11 is 0. The van der Waals surface area contributed by atoms with E-state index in [1.807, 2.05) is 20.8 Å². The van der Waals surface area contributed by atoms with Crippen LogP contribution in [0, 0.1) is 23.7 Å². The van der Waals surface area contributed by atoms with Gasteiger partial charge in [-0.15, -0.1) is 0 Å². The van der Waals surface area contributed by atoms with Gasteiger partial charge in [-0.2, -0.15) is 0 Å². The predicted molar refractivity (Wildman–Crippen MR) is 181 cm³/mol. The molecule has 19 heteroatoms. The lowest BCUT2D eigenvalue weighted by Gasteiger charge is -2.31. The molecule has 11 atom stereocenters. The SMILES string of the molecule is CC(C)C[C@@H](C)[C@@H](O)[C@@H](C)C(=O)N[C@H](C)C(=O)N[C@@H](CCCN=C(N)N)[C@@H](O)[C@@H](O)C(=O)NC(C(=O)NC(C(=O)O)[C@@H](C)O)[C@@H](C)CC(N)=O. The summed E-state index contributed by atoms with van der Waals surface area (Å²) in [6.07, 6.45) is -6.58. The Morgan fingerprint density at radius 2 is 1.24 bits per heavy atom. The number of aliphatic hydroxyl groups excluding tert-OH is 4. The van der Waals surface area contributed by atoms with Crippen LogP contribution in [-0.4, -0.2) is 122 Å². The van der Waals surface area contributed by atoms with Gasteiger partial charge in [-0.05, 0) is 50.9 Å². The van der Waals surface area contributed by atoms with Crippen molar-refractivity contribution < 1.29 is 54.3 Å². The van der Waals surface area contributed by atoms with Crippen LogP contribution in [0.2, 0.25) is 0 Å². The molecule has 0 aromatic carbocycles. The van der Waals surface area contributed by atoms with Gasteiger partial charge in [0.25, 0.3) is 5.91 Å². The number of hydrogen-bond donors (Lipinski definition) is 12. The predicted octanol–water partition coefficient (Wildman–Crippen LogP) is -3.62. The van der Waals surface area contributed by atoms with E-state index < -0.39 is 102 Å². The Morgan fingerprint density at radius 3 is 1.72 bits per heavy atom. The van der Waals surface area contributed by atoms with Crippen LogP contribution < -0.4 is 38.5 Å². The van der Waals surface area contributed by atoms with Gasteiger partial charge in [0.05, 0.1) is 24.2 Å². The van der Waals surface area contributed by atoms with Gasteiger partial charge < -0.3 is 64.0 Å². The number of primary amides is 1. The first-order valence-electron chi connectivity index (χ1n) is 16.5. The fraction of sp³-hybridized carbons (Fsp3) is 0.774. The highest BCUT2D eigenvalue weighted by Crippen LogP contribution is 2.21. The molecule has 0 fully saturated rings. The van der Waals surface area contributed by atoms with Crippen molar-refractivity contribution in [3.05, 3.63) is 0 Å². The topological polar surface area (TPSA) is 342 Å². The molecular weight excluding hydrogens is 660 g/mol. The zero-order chi connectivity index (χ0) is 39.0. The highest BCUT2D eigenvalue weighted by Gasteiger charge is 2.38. The Morgan fingerprint density at radius 1 is 0.680 bits per heavy atom. The molecule has 0 saturated heterocycles. The van der Waals surface area contributed by atoms with Gasteiger partial charge in [0.2, 0.25) is 23.6 Å². The summed E-state index contributed by atoms with van der Waals surface area (Å²) in [6.45, 7) is 11.1. The lowest BCUT2D eigenvalue weighted by molar-refractivity contribution is -0.146. The van der Waals surface area contributed by atoms with Crippen molar-refractivity contribution in [3.63, 3.8) is 0 Å². The van der Waals surface area contributed by atoms with Crippen molar-refractivity contribution in [2.24, 2.45) is 45.9 Å². The fourth-order valence-electron chi connectivity index (χ4n) is 5.24. The molecule has 15 N–H and O–H groups in total. The average Bonchev–Trinajstić information content (AvgIpc) is 3.00. The number of nitrogens with two attached hydrogens (primary N) is 3. The van der Waals surface area contributed by atoms with Gasteiger partial charge >= 0.3 is 5.97 Å². The molecule has 0 aliphatic rings. The van der Waals surface area contributed by atoms with Crippen LogP contribution >= 0.6 is 0 Å². The number of carboxylic acid groups (broad SMARTS) is 1. The minimum absolute atomic E-state index is 0.0425. The van der Waals surface area contributed by atoms with Gasteiger partial charge in [-0.3, -0.25) is 29.0 Å². The van der Waals surface area contributed by atoms with Crippen LogP contribution in [0.5, 0.6) is 0 Å². The van der Waals surface area contributed by atoms with Crippen molar-refractivity contribution in [1.29, 1.82) is 0 Å². The molecule has 0 saturated carbocycles. The van der Waals surface area contributed by atoms with Crippen LogP contribution in [-0.2, 0) is 28.8 Å². The second-order valence-corrected chi connectivity index (χ2v) is 13.3. The van der Waals surface area contributed by atoms with Crippen LogP contribution in [0.1, 0.15) is 74.1 Å². The third kappa shape index (κ3) is 16.1. The number of carbonyl (C=O) groups is 6. The van der Waals surface area contributed by atoms with E-state index in [-0.39, 0.29) is 37.2 Å². The van der Waals surface area contributed by atoms with Gasteiger partial charge in [0.1, 0.15) is 18.2 Å². The van der Waals surface area contributed by atoms with Crippen molar-refractivity contribution >= 4 is 41.5 Å². The number of aliphatic imine (C=N–C) groups is 1. The summed E-state index contributed by atoms with van der Waals surface area (Å²) < 4.78 is 0. The highest BCUT2D eigenvalue weighted by atomic mass is 16.4. The first kappa shape index (κ1) is 45.9. The number of aliphatic hydroxyl groups is 4.